The topological polar surface area (TPSA) is 46.1 Å². The van der Waals surface area contributed by atoms with Crippen molar-refractivity contribution in [1.82, 2.24) is 0 Å². The zero-order chi connectivity index (χ0) is 25.1. The molecule has 0 heterocycles. The van der Waals surface area contributed by atoms with E-state index in [1.54, 1.807) is 12.1 Å². The Bertz CT molecular complexity index is 750. The first-order chi connectivity index (χ1) is 17.1. The van der Waals surface area contributed by atoms with E-state index in [9.17, 15) is 10.2 Å². The summed E-state index contributed by atoms with van der Waals surface area (Å²) in [6.45, 7) is 4.51. The van der Waals surface area contributed by atoms with Gasteiger partial charge in [0.05, 0.1) is 0 Å². The Morgan fingerprint density at radius 2 is 0.806 bits per heavy atom. The molecule has 0 aliphatic heterocycles. The quantitative estimate of drug-likeness (QED) is 0.130. The number of benzene rings is 2. The third kappa shape index (κ3) is 14.3. The molecule has 0 radical (unpaired) electrons. The first kappa shape index (κ1) is 33.3. The third-order valence-corrected chi connectivity index (χ3v) is 7.28. The van der Waals surface area contributed by atoms with E-state index in [1.807, 2.05) is 12.1 Å². The van der Waals surface area contributed by atoms with Gasteiger partial charge in [0.25, 0.3) is 0 Å². The van der Waals surface area contributed by atoms with Crippen LogP contribution in [0, 0.1) is 0 Å². The van der Waals surface area contributed by atoms with E-state index in [-0.39, 0.29) is 49.2 Å². The van der Waals surface area contributed by atoms with Gasteiger partial charge in [0, 0.05) is 0 Å². The van der Waals surface area contributed by atoms with Gasteiger partial charge in [0.2, 0.25) is 0 Å². The van der Waals surface area contributed by atoms with Crippen LogP contribution in [0.1, 0.15) is 139 Å². The SMILES string of the molecule is CCCCCCCCCCc1ccc(Cc2ccc(CCCCCCCCCC)cc2[O-])c([O-])c1.[Ca+2]. The Hall–Kier alpha value is -0.700. The molecule has 0 aromatic heterocycles. The van der Waals surface area contributed by atoms with E-state index >= 15 is 0 Å². The van der Waals surface area contributed by atoms with Gasteiger partial charge in [-0.25, -0.2) is 0 Å². The summed E-state index contributed by atoms with van der Waals surface area (Å²) < 4.78 is 0. The van der Waals surface area contributed by atoms with Gasteiger partial charge < -0.3 is 10.2 Å². The van der Waals surface area contributed by atoms with Gasteiger partial charge in [0.1, 0.15) is 0 Å². The molecule has 0 atom stereocenters. The van der Waals surface area contributed by atoms with E-state index in [4.69, 9.17) is 0 Å². The molecule has 0 aliphatic rings. The second-order valence-electron chi connectivity index (χ2n) is 10.5. The summed E-state index contributed by atoms with van der Waals surface area (Å²) in [6, 6.07) is 11.6. The van der Waals surface area contributed by atoms with Crippen molar-refractivity contribution < 1.29 is 10.2 Å². The van der Waals surface area contributed by atoms with Crippen LogP contribution in [0.15, 0.2) is 36.4 Å². The van der Waals surface area contributed by atoms with E-state index in [2.05, 4.69) is 26.0 Å². The fourth-order valence-corrected chi connectivity index (χ4v) is 4.93. The summed E-state index contributed by atoms with van der Waals surface area (Å²) in [7, 11) is 0. The maximum Gasteiger partial charge on any atom is 2.00 e. The van der Waals surface area contributed by atoms with Crippen molar-refractivity contribution in [3.63, 3.8) is 0 Å². The first-order valence-electron chi connectivity index (χ1n) is 14.7. The minimum atomic E-state index is 0. The molecule has 3 heteroatoms. The van der Waals surface area contributed by atoms with Crippen molar-refractivity contribution in [2.24, 2.45) is 0 Å². The number of hydrogen-bond acceptors (Lipinski definition) is 2. The summed E-state index contributed by atoms with van der Waals surface area (Å²) in [5.74, 6) is 0.147. The molecule has 36 heavy (non-hydrogen) atoms. The summed E-state index contributed by atoms with van der Waals surface area (Å²) in [6.07, 6.45) is 23.2. The molecule has 0 N–H and O–H groups in total. The van der Waals surface area contributed by atoms with Gasteiger partial charge in [-0.15, -0.1) is 11.5 Å². The summed E-state index contributed by atoms with van der Waals surface area (Å²) >= 11 is 0. The van der Waals surface area contributed by atoms with Crippen molar-refractivity contribution in [3.05, 3.63) is 58.7 Å². The van der Waals surface area contributed by atoms with Gasteiger partial charge in [-0.3, -0.25) is 0 Å². The van der Waals surface area contributed by atoms with Gasteiger partial charge in [-0.2, -0.15) is 0 Å². The second-order valence-corrected chi connectivity index (χ2v) is 10.5. The Labute approximate surface area is 252 Å². The Kier molecular flexibility index (Phi) is 19.7. The van der Waals surface area contributed by atoms with Crippen molar-refractivity contribution in [3.8, 4) is 11.5 Å². The predicted octanol–water partition coefficient (Wildman–Crippen LogP) is 8.41. The fraction of sp³-hybridized carbons (Fsp3) is 0.636. The number of aryl methyl sites for hydroxylation is 2. The molecule has 0 aliphatic carbocycles. The molecule has 0 saturated heterocycles. The minimum Gasteiger partial charge on any atom is -0.872 e. The Morgan fingerprint density at radius 1 is 0.472 bits per heavy atom. The van der Waals surface area contributed by atoms with Crippen LogP contribution >= 0.6 is 0 Å². The largest absolute Gasteiger partial charge is 2.00 e. The molecular weight excluding hydrogens is 468 g/mol. The van der Waals surface area contributed by atoms with Crippen LogP contribution in [-0.4, -0.2) is 37.7 Å². The molecule has 196 valence electrons. The van der Waals surface area contributed by atoms with Crippen molar-refractivity contribution >= 4 is 37.7 Å². The van der Waals surface area contributed by atoms with Crippen molar-refractivity contribution in [1.29, 1.82) is 0 Å². The maximum absolute atomic E-state index is 12.6. The van der Waals surface area contributed by atoms with E-state index < -0.39 is 0 Å². The normalized spacial score (nSPS) is 10.9. The average Bonchev–Trinajstić information content (AvgIpc) is 2.85. The molecule has 0 unspecified atom stereocenters. The van der Waals surface area contributed by atoms with Crippen LogP contribution in [-0.2, 0) is 19.3 Å². The van der Waals surface area contributed by atoms with Crippen LogP contribution in [0.3, 0.4) is 0 Å². The molecule has 0 fully saturated rings. The molecule has 2 rings (SSSR count). The van der Waals surface area contributed by atoms with E-state index in [1.165, 1.54) is 89.9 Å². The van der Waals surface area contributed by atoms with Crippen LogP contribution < -0.4 is 10.2 Å². The third-order valence-electron chi connectivity index (χ3n) is 7.28. The predicted molar refractivity (Wildman–Crippen MR) is 153 cm³/mol. The van der Waals surface area contributed by atoms with E-state index in [0.717, 1.165) is 47.9 Å². The monoisotopic (exact) mass is 518 g/mol. The maximum atomic E-state index is 12.6. The number of rotatable bonds is 20. The molecule has 0 spiro atoms. The fourth-order valence-electron chi connectivity index (χ4n) is 4.93. The average molecular weight is 519 g/mol. The number of unbranched alkanes of at least 4 members (excludes halogenated alkanes) is 14. The van der Waals surface area contributed by atoms with Crippen LogP contribution in [0.4, 0.5) is 0 Å². The summed E-state index contributed by atoms with van der Waals surface area (Å²) in [5.41, 5.74) is 3.73. The molecule has 2 aromatic carbocycles. The minimum absolute atomic E-state index is 0. The van der Waals surface area contributed by atoms with Gasteiger partial charge in [-0.05, 0) is 43.2 Å². The van der Waals surface area contributed by atoms with Crippen LogP contribution in [0.2, 0.25) is 0 Å². The second kappa shape index (κ2) is 21.3. The molecule has 2 nitrogen and oxygen atoms in total. The Balaban J connectivity index is 0.00000648. The molecular formula is C33H50CaO2. The number of hydrogen-bond donors (Lipinski definition) is 0. The summed E-state index contributed by atoms with van der Waals surface area (Å²) in [5, 5.41) is 25.3. The molecule has 0 saturated carbocycles. The van der Waals surface area contributed by atoms with Crippen LogP contribution in [0.25, 0.3) is 0 Å². The summed E-state index contributed by atoms with van der Waals surface area (Å²) in [4.78, 5) is 0. The molecule has 2 aromatic rings. The first-order valence-corrected chi connectivity index (χ1v) is 14.7. The van der Waals surface area contributed by atoms with Crippen molar-refractivity contribution in [2.75, 3.05) is 0 Å². The van der Waals surface area contributed by atoms with E-state index in [0.29, 0.717) is 6.42 Å². The van der Waals surface area contributed by atoms with Crippen LogP contribution in [0.5, 0.6) is 11.5 Å². The van der Waals surface area contributed by atoms with Crippen molar-refractivity contribution in [2.45, 2.75) is 136 Å². The van der Waals surface area contributed by atoms with Gasteiger partial charge >= 0.3 is 37.7 Å². The zero-order valence-corrected chi connectivity index (χ0v) is 25.6. The van der Waals surface area contributed by atoms with Gasteiger partial charge in [0.15, 0.2) is 0 Å². The Morgan fingerprint density at radius 3 is 1.14 bits per heavy atom. The molecule has 0 amide bonds. The standard InChI is InChI=1S/C33H52O2.Ca/c1-3-5-7-9-11-13-15-17-19-28-21-23-30(32(34)25-28)27-31-24-22-29(26-33(31)35)20-18-16-14-12-10-8-6-4-2;/h21-26,34-35H,3-20,27H2,1-2H3;/q;+2/p-2. The van der Waals surface area contributed by atoms with Gasteiger partial charge in [-0.1, -0.05) is 151 Å². The smallest absolute Gasteiger partial charge is 0.872 e. The molecule has 0 bridgehead atoms. The zero-order valence-electron chi connectivity index (χ0n) is 23.4.